The summed E-state index contributed by atoms with van der Waals surface area (Å²) in [6.07, 6.45) is 9.25. The summed E-state index contributed by atoms with van der Waals surface area (Å²) in [5.74, 6) is 0.801. The average Bonchev–Trinajstić information content (AvgIpc) is 3.32. The Morgan fingerprint density at radius 3 is 2.09 bits per heavy atom. The van der Waals surface area contributed by atoms with Gasteiger partial charge in [-0.1, -0.05) is 60.7 Å². The van der Waals surface area contributed by atoms with Crippen LogP contribution in [0.3, 0.4) is 0 Å². The van der Waals surface area contributed by atoms with Gasteiger partial charge >= 0.3 is 5.97 Å². The fraction of sp³-hybridized carbons (Fsp3) is 0.436. The van der Waals surface area contributed by atoms with Crippen molar-refractivity contribution in [2.45, 2.75) is 82.8 Å². The number of hydrogen-bond donors (Lipinski definition) is 1. The van der Waals surface area contributed by atoms with Crippen LogP contribution < -0.4 is 0 Å². The number of benzene rings is 3. The molecule has 0 saturated heterocycles. The maximum absolute atomic E-state index is 14.9. The van der Waals surface area contributed by atoms with Crippen LogP contribution in [0.15, 0.2) is 78.9 Å². The highest BCUT2D eigenvalue weighted by molar-refractivity contribution is 5.90. The van der Waals surface area contributed by atoms with Crippen molar-refractivity contribution in [1.82, 2.24) is 9.47 Å². The van der Waals surface area contributed by atoms with Gasteiger partial charge in [-0.25, -0.2) is 9.18 Å². The van der Waals surface area contributed by atoms with E-state index in [2.05, 4.69) is 16.7 Å². The molecule has 45 heavy (non-hydrogen) atoms. The van der Waals surface area contributed by atoms with E-state index in [0.29, 0.717) is 13.0 Å². The number of nitrogens with zero attached hydrogens (tertiary/aromatic N) is 2. The smallest absolute Gasteiger partial charge is 0.326 e. The normalized spacial score (nSPS) is 28.4. The molecule has 1 aromatic heterocycles. The largest absolute Gasteiger partial charge is 0.480 e. The van der Waals surface area contributed by atoms with Crippen LogP contribution in [0, 0.1) is 29.0 Å². The Morgan fingerprint density at radius 1 is 0.844 bits per heavy atom. The summed E-state index contributed by atoms with van der Waals surface area (Å²) in [4.78, 5) is 29.3. The number of aromatic nitrogens is 1. The van der Waals surface area contributed by atoms with Gasteiger partial charge < -0.3 is 14.6 Å². The van der Waals surface area contributed by atoms with E-state index in [1.165, 1.54) is 44.6 Å². The van der Waals surface area contributed by atoms with Gasteiger partial charge in [-0.3, -0.25) is 4.79 Å². The molecule has 2 atom stereocenters. The Morgan fingerprint density at radius 2 is 1.47 bits per heavy atom. The van der Waals surface area contributed by atoms with E-state index in [9.17, 15) is 19.1 Å². The van der Waals surface area contributed by atoms with Gasteiger partial charge in [0.25, 0.3) is 0 Å². The van der Waals surface area contributed by atoms with E-state index in [0.717, 1.165) is 57.5 Å². The quantitative estimate of drug-likeness (QED) is 0.222. The zero-order valence-corrected chi connectivity index (χ0v) is 25.7. The van der Waals surface area contributed by atoms with Gasteiger partial charge in [0, 0.05) is 36.0 Å². The van der Waals surface area contributed by atoms with Crippen molar-refractivity contribution >= 4 is 22.8 Å². The van der Waals surface area contributed by atoms with E-state index in [1.54, 1.807) is 11.0 Å². The van der Waals surface area contributed by atoms with Gasteiger partial charge in [0.15, 0.2) is 0 Å². The SMILES string of the molecule is O=C(O)[C@@H]1Cc2c(n(Cc3ccccc3)c3ccc(F)cc23)[C@@H](CC23CC4CC(CC(C4)C2)C3)N1C(=O)CCc1ccccc1. The molecule has 4 aromatic rings. The van der Waals surface area contributed by atoms with Crippen LogP contribution in [0.25, 0.3) is 10.9 Å². The summed E-state index contributed by atoms with van der Waals surface area (Å²) in [5, 5.41) is 11.5. The second kappa shape index (κ2) is 11.1. The Kier molecular flexibility index (Phi) is 7.07. The van der Waals surface area contributed by atoms with E-state index in [-0.39, 0.29) is 36.0 Å². The first kappa shape index (κ1) is 28.5. The number of carbonyl (C=O) groups is 2. The summed E-state index contributed by atoms with van der Waals surface area (Å²) in [6.45, 7) is 0.583. The molecule has 2 heterocycles. The molecule has 4 fully saturated rings. The molecule has 0 unspecified atom stereocenters. The Labute approximate surface area is 264 Å². The van der Waals surface area contributed by atoms with Gasteiger partial charge in [-0.15, -0.1) is 0 Å². The lowest BCUT2D eigenvalue weighted by Crippen LogP contribution is -2.54. The molecule has 1 N–H and O–H groups in total. The van der Waals surface area contributed by atoms with Crippen LogP contribution in [-0.4, -0.2) is 32.5 Å². The van der Waals surface area contributed by atoms with Crippen molar-refractivity contribution < 1.29 is 19.1 Å². The van der Waals surface area contributed by atoms with Gasteiger partial charge in [-0.05, 0) is 109 Å². The van der Waals surface area contributed by atoms with Crippen LogP contribution >= 0.6 is 0 Å². The minimum Gasteiger partial charge on any atom is -0.480 e. The van der Waals surface area contributed by atoms with Crippen molar-refractivity contribution in [3.8, 4) is 0 Å². The third kappa shape index (κ3) is 5.16. The number of fused-ring (bicyclic) bond motifs is 3. The monoisotopic (exact) mass is 604 g/mol. The third-order valence-electron chi connectivity index (χ3n) is 11.6. The van der Waals surface area contributed by atoms with Crippen LogP contribution in [0.2, 0.25) is 0 Å². The molecule has 6 heteroatoms. The second-order valence-corrected chi connectivity index (χ2v) is 14.6. The minimum atomic E-state index is -0.987. The number of rotatable bonds is 8. The zero-order chi connectivity index (χ0) is 30.7. The Balaban J connectivity index is 1.28. The summed E-state index contributed by atoms with van der Waals surface area (Å²) in [6, 6.07) is 23.8. The topological polar surface area (TPSA) is 62.5 Å². The highest BCUT2D eigenvalue weighted by atomic mass is 19.1. The van der Waals surface area contributed by atoms with E-state index >= 15 is 0 Å². The van der Waals surface area contributed by atoms with Crippen LogP contribution in [0.4, 0.5) is 4.39 Å². The molecule has 3 aromatic carbocycles. The standard InChI is InChI=1S/C39H41FN2O3/c40-30-12-13-33-31(18-30)32-19-34(38(44)45)42(36(43)14-11-25-7-3-1-4-8-25)35(37(32)41(33)24-26-9-5-2-6-10-26)23-39-20-27-15-28(21-39)17-29(16-27)22-39/h1-10,12-13,18,27-29,34-35H,11,14-17,19-24H2,(H,44,45)/t27?,28?,29?,34-,35+,39?/m0/s1. The lowest BCUT2D eigenvalue weighted by molar-refractivity contribution is -0.156. The predicted molar refractivity (Wildman–Crippen MR) is 172 cm³/mol. The molecule has 5 nitrogen and oxygen atoms in total. The van der Waals surface area contributed by atoms with Crippen LogP contribution in [0.5, 0.6) is 0 Å². The molecule has 1 aliphatic heterocycles. The van der Waals surface area contributed by atoms with Gasteiger partial charge in [0.1, 0.15) is 11.9 Å². The highest BCUT2D eigenvalue weighted by Gasteiger charge is 2.54. The third-order valence-corrected chi connectivity index (χ3v) is 11.6. The molecule has 1 amide bonds. The van der Waals surface area contributed by atoms with Gasteiger partial charge in [0.05, 0.1) is 6.04 Å². The zero-order valence-electron chi connectivity index (χ0n) is 25.7. The number of carboxylic acid groups (broad SMARTS) is 1. The van der Waals surface area contributed by atoms with E-state index < -0.39 is 12.0 Å². The lowest BCUT2D eigenvalue weighted by Gasteiger charge is -2.58. The van der Waals surface area contributed by atoms with Crippen molar-refractivity contribution in [3.63, 3.8) is 0 Å². The fourth-order valence-electron chi connectivity index (χ4n) is 10.3. The first-order valence-corrected chi connectivity index (χ1v) is 16.8. The summed E-state index contributed by atoms with van der Waals surface area (Å²) < 4.78 is 17.1. The van der Waals surface area contributed by atoms with Gasteiger partial charge in [0.2, 0.25) is 5.91 Å². The molecule has 0 radical (unpaired) electrons. The molecular weight excluding hydrogens is 563 g/mol. The number of halogens is 1. The molecule has 232 valence electrons. The first-order chi connectivity index (χ1) is 21.9. The number of amides is 1. The maximum atomic E-state index is 14.9. The van der Waals surface area contributed by atoms with Crippen LogP contribution in [0.1, 0.15) is 79.8 Å². The Bertz CT molecular complexity index is 1710. The number of hydrogen-bond acceptors (Lipinski definition) is 2. The predicted octanol–water partition coefficient (Wildman–Crippen LogP) is 7.95. The molecule has 5 aliphatic rings. The number of carboxylic acids is 1. The molecule has 4 aliphatic carbocycles. The summed E-state index contributed by atoms with van der Waals surface area (Å²) in [5.41, 5.74) is 5.12. The molecule has 9 rings (SSSR count). The molecule has 4 bridgehead atoms. The summed E-state index contributed by atoms with van der Waals surface area (Å²) >= 11 is 0. The number of aliphatic carboxylic acids is 1. The van der Waals surface area contributed by atoms with E-state index in [4.69, 9.17) is 0 Å². The van der Waals surface area contributed by atoms with Crippen LogP contribution in [-0.2, 0) is 29.0 Å². The second-order valence-electron chi connectivity index (χ2n) is 14.6. The van der Waals surface area contributed by atoms with Crippen molar-refractivity contribution in [3.05, 3.63) is 107 Å². The molecular formula is C39H41FN2O3. The first-order valence-electron chi connectivity index (χ1n) is 16.8. The molecule has 0 spiro atoms. The number of carbonyl (C=O) groups excluding carboxylic acids is 1. The molecule has 4 saturated carbocycles. The lowest BCUT2D eigenvalue weighted by atomic mass is 9.48. The Hall–Kier alpha value is -3.93. The summed E-state index contributed by atoms with van der Waals surface area (Å²) in [7, 11) is 0. The van der Waals surface area contributed by atoms with Crippen molar-refractivity contribution in [2.24, 2.45) is 23.2 Å². The minimum absolute atomic E-state index is 0.102. The fourth-order valence-corrected chi connectivity index (χ4v) is 10.3. The van der Waals surface area contributed by atoms with Crippen molar-refractivity contribution in [2.75, 3.05) is 0 Å². The number of aryl methyl sites for hydroxylation is 1. The van der Waals surface area contributed by atoms with Gasteiger partial charge in [-0.2, -0.15) is 0 Å². The van der Waals surface area contributed by atoms with E-state index in [1.807, 2.05) is 54.6 Å². The average molecular weight is 605 g/mol. The van der Waals surface area contributed by atoms with Crippen molar-refractivity contribution in [1.29, 1.82) is 0 Å². The maximum Gasteiger partial charge on any atom is 0.326 e. The highest BCUT2D eigenvalue weighted by Crippen LogP contribution is 2.63.